The molecule has 0 saturated heterocycles. The average Bonchev–Trinajstić information content (AvgIpc) is 3.25. The van der Waals surface area contributed by atoms with Crippen molar-refractivity contribution in [1.82, 2.24) is 4.90 Å². The molecule has 4 rings (SSSR count). The Morgan fingerprint density at radius 2 is 1.96 bits per heavy atom. The molecule has 0 unspecified atom stereocenters. The van der Waals surface area contributed by atoms with Crippen molar-refractivity contribution >= 4 is 38.3 Å². The van der Waals surface area contributed by atoms with E-state index >= 15 is 0 Å². The van der Waals surface area contributed by atoms with Crippen molar-refractivity contribution in [3.05, 3.63) is 59.0 Å². The lowest BCUT2D eigenvalue weighted by Crippen LogP contribution is -2.19. The molecule has 0 saturated carbocycles. The number of aliphatic imine (C=N–C) groups is 1. The number of aryl methyl sites for hydroxylation is 1. The maximum atomic E-state index is 12.8. The monoisotopic (exact) mass is 401 g/mol. The topological polar surface area (TPSA) is 71.0 Å². The molecule has 0 bridgehead atoms. The molecule has 140 valence electrons. The van der Waals surface area contributed by atoms with Gasteiger partial charge in [0.05, 0.1) is 19.4 Å². The van der Waals surface area contributed by atoms with E-state index in [0.717, 1.165) is 35.1 Å². The number of thioether (sulfide) groups is 1. The second kappa shape index (κ2) is 6.94. The summed E-state index contributed by atoms with van der Waals surface area (Å²) in [4.78, 5) is 6.75. The van der Waals surface area contributed by atoms with Gasteiger partial charge in [-0.3, -0.25) is 9.71 Å². The van der Waals surface area contributed by atoms with E-state index in [4.69, 9.17) is 4.74 Å². The number of ether oxygens (including phenoxy) is 1. The Morgan fingerprint density at radius 3 is 2.70 bits per heavy atom. The summed E-state index contributed by atoms with van der Waals surface area (Å²) in [5.41, 5.74) is 3.57. The molecule has 2 heterocycles. The Labute approximate surface area is 163 Å². The number of rotatable bonds is 5. The number of hydrogen-bond donors (Lipinski definition) is 1. The molecular weight excluding hydrogens is 382 g/mol. The first-order chi connectivity index (χ1) is 13.0. The van der Waals surface area contributed by atoms with E-state index < -0.39 is 10.0 Å². The highest BCUT2D eigenvalue weighted by Gasteiger charge is 2.27. The van der Waals surface area contributed by atoms with Crippen LogP contribution in [0.25, 0.3) is 5.70 Å². The highest BCUT2D eigenvalue weighted by molar-refractivity contribution is 8.16. The van der Waals surface area contributed by atoms with Crippen molar-refractivity contribution in [3.8, 4) is 5.75 Å². The van der Waals surface area contributed by atoms with Crippen LogP contribution in [0.1, 0.15) is 11.1 Å². The quantitative estimate of drug-likeness (QED) is 0.830. The molecule has 2 aromatic rings. The summed E-state index contributed by atoms with van der Waals surface area (Å²) in [6.07, 6.45) is 0. The van der Waals surface area contributed by atoms with Crippen molar-refractivity contribution in [1.29, 1.82) is 0 Å². The van der Waals surface area contributed by atoms with Crippen LogP contribution in [0.5, 0.6) is 5.75 Å². The van der Waals surface area contributed by atoms with Crippen molar-refractivity contribution in [3.63, 3.8) is 0 Å². The smallest absolute Gasteiger partial charge is 0.265 e. The van der Waals surface area contributed by atoms with Gasteiger partial charge in [0.15, 0.2) is 5.17 Å². The molecule has 27 heavy (non-hydrogen) atoms. The summed E-state index contributed by atoms with van der Waals surface area (Å²) in [7, 11) is -2.28. The molecule has 6 nitrogen and oxygen atoms in total. The highest BCUT2D eigenvalue weighted by Crippen LogP contribution is 2.35. The van der Waals surface area contributed by atoms with Crippen LogP contribution in [-0.4, -0.2) is 38.7 Å². The van der Waals surface area contributed by atoms with E-state index in [9.17, 15) is 8.42 Å². The van der Waals surface area contributed by atoms with Gasteiger partial charge in [-0.05, 0) is 42.3 Å². The third-order valence-corrected chi connectivity index (χ3v) is 6.73. The van der Waals surface area contributed by atoms with E-state index in [1.54, 1.807) is 42.1 Å². The zero-order valence-electron chi connectivity index (χ0n) is 15.0. The Kier molecular flexibility index (Phi) is 4.61. The number of nitrogens with zero attached hydrogens (tertiary/aromatic N) is 2. The van der Waals surface area contributed by atoms with Gasteiger partial charge in [0.1, 0.15) is 10.6 Å². The van der Waals surface area contributed by atoms with Crippen LogP contribution in [-0.2, 0) is 10.0 Å². The lowest BCUT2D eigenvalue weighted by molar-refractivity contribution is 0.402. The fourth-order valence-electron chi connectivity index (χ4n) is 3.06. The third-order valence-electron chi connectivity index (χ3n) is 4.41. The maximum Gasteiger partial charge on any atom is 0.265 e. The zero-order valence-corrected chi connectivity index (χ0v) is 16.6. The number of fused-ring (bicyclic) bond motifs is 1. The molecule has 0 spiro atoms. The van der Waals surface area contributed by atoms with Crippen LogP contribution < -0.4 is 9.46 Å². The van der Waals surface area contributed by atoms with Gasteiger partial charge in [-0.15, -0.1) is 0 Å². The van der Waals surface area contributed by atoms with Gasteiger partial charge in [-0.25, -0.2) is 8.42 Å². The van der Waals surface area contributed by atoms with Crippen molar-refractivity contribution in [2.24, 2.45) is 4.99 Å². The van der Waals surface area contributed by atoms with Crippen LogP contribution in [0.3, 0.4) is 0 Å². The van der Waals surface area contributed by atoms with Gasteiger partial charge in [0, 0.05) is 17.6 Å². The van der Waals surface area contributed by atoms with Crippen LogP contribution >= 0.6 is 11.8 Å². The standard InChI is InChI=1S/C19H19N3O3S2/c1-13-3-8-18(17(11-13)25-2)27(23,24)21-15-6-4-14(5-7-15)16-12-26-19-20-9-10-22(16)19/h3-8,11-12,21H,9-10H2,1-2H3. The van der Waals surface area contributed by atoms with E-state index in [2.05, 4.69) is 20.0 Å². The predicted octanol–water partition coefficient (Wildman–Crippen LogP) is 3.52. The number of benzene rings is 2. The number of amidine groups is 1. The summed E-state index contributed by atoms with van der Waals surface area (Å²) in [5, 5.41) is 3.11. The molecule has 8 heteroatoms. The van der Waals surface area contributed by atoms with E-state index in [0.29, 0.717) is 11.4 Å². The average molecular weight is 402 g/mol. The van der Waals surface area contributed by atoms with Crippen molar-refractivity contribution in [2.45, 2.75) is 11.8 Å². The van der Waals surface area contributed by atoms with Gasteiger partial charge in [0.25, 0.3) is 10.0 Å². The van der Waals surface area contributed by atoms with E-state index in [-0.39, 0.29) is 4.90 Å². The molecular formula is C19H19N3O3S2. The zero-order chi connectivity index (χ0) is 19.0. The first-order valence-electron chi connectivity index (χ1n) is 8.45. The minimum Gasteiger partial charge on any atom is -0.495 e. The Balaban J connectivity index is 1.56. The van der Waals surface area contributed by atoms with Crippen molar-refractivity contribution in [2.75, 3.05) is 24.9 Å². The molecule has 0 fully saturated rings. The second-order valence-corrected chi connectivity index (χ2v) is 8.76. The van der Waals surface area contributed by atoms with E-state index in [1.165, 1.54) is 7.11 Å². The summed E-state index contributed by atoms with van der Waals surface area (Å²) in [6.45, 7) is 3.59. The van der Waals surface area contributed by atoms with Crippen LogP contribution in [0, 0.1) is 6.92 Å². The van der Waals surface area contributed by atoms with Crippen molar-refractivity contribution < 1.29 is 13.2 Å². The first-order valence-corrected chi connectivity index (χ1v) is 10.8. The van der Waals surface area contributed by atoms with Gasteiger partial charge >= 0.3 is 0 Å². The lowest BCUT2D eigenvalue weighted by Gasteiger charge is -2.17. The molecule has 0 amide bonds. The van der Waals surface area contributed by atoms with Crippen LogP contribution in [0.4, 0.5) is 5.69 Å². The Morgan fingerprint density at radius 1 is 1.19 bits per heavy atom. The minimum atomic E-state index is -3.74. The molecule has 2 aromatic carbocycles. The number of sulfonamides is 1. The summed E-state index contributed by atoms with van der Waals surface area (Å²) >= 11 is 1.62. The molecule has 0 radical (unpaired) electrons. The summed E-state index contributed by atoms with van der Waals surface area (Å²) in [6, 6.07) is 12.4. The predicted molar refractivity (Wildman–Crippen MR) is 110 cm³/mol. The molecule has 2 aliphatic rings. The first kappa shape index (κ1) is 17.9. The molecule has 0 aliphatic carbocycles. The van der Waals surface area contributed by atoms with E-state index in [1.807, 2.05) is 19.1 Å². The fourth-order valence-corrected chi connectivity index (χ4v) is 5.24. The molecule has 0 aromatic heterocycles. The number of hydrogen-bond acceptors (Lipinski definition) is 6. The summed E-state index contributed by atoms with van der Waals surface area (Å²) < 4.78 is 33.4. The van der Waals surface area contributed by atoms with Crippen LogP contribution in [0.15, 0.2) is 57.8 Å². The van der Waals surface area contributed by atoms with Gasteiger partial charge in [-0.1, -0.05) is 30.0 Å². The molecule has 1 N–H and O–H groups in total. The summed E-state index contributed by atoms with van der Waals surface area (Å²) in [5.74, 6) is 0.327. The minimum absolute atomic E-state index is 0.118. The Bertz CT molecular complexity index is 1040. The van der Waals surface area contributed by atoms with Gasteiger partial charge in [0.2, 0.25) is 0 Å². The fraction of sp³-hybridized carbons (Fsp3) is 0.211. The molecule has 2 aliphatic heterocycles. The second-order valence-electron chi connectivity index (χ2n) is 6.27. The third kappa shape index (κ3) is 3.42. The largest absolute Gasteiger partial charge is 0.495 e. The molecule has 0 atom stereocenters. The highest BCUT2D eigenvalue weighted by atomic mass is 32.2. The number of nitrogens with one attached hydrogen (secondary N) is 1. The van der Waals surface area contributed by atoms with Gasteiger partial charge < -0.3 is 9.64 Å². The number of methoxy groups -OCH3 is 1. The maximum absolute atomic E-state index is 12.8. The normalized spacial score (nSPS) is 16.0. The Hall–Kier alpha value is -2.45. The number of anilines is 1. The lowest BCUT2D eigenvalue weighted by atomic mass is 10.1. The van der Waals surface area contributed by atoms with Crippen LogP contribution in [0.2, 0.25) is 0 Å². The SMILES string of the molecule is COc1cc(C)ccc1S(=O)(=O)Nc1ccc(C2=CSC3=NCCN23)cc1. The van der Waals surface area contributed by atoms with Gasteiger partial charge in [-0.2, -0.15) is 0 Å².